The molecule has 0 bridgehead atoms. The lowest BCUT2D eigenvalue weighted by molar-refractivity contribution is -0.266. The minimum Gasteiger partial charge on any atom is -0.867 e. The van der Waals surface area contributed by atoms with Crippen molar-refractivity contribution in [1.82, 2.24) is 9.97 Å². The summed E-state index contributed by atoms with van der Waals surface area (Å²) in [4.78, 5) is 11.6. The van der Waals surface area contributed by atoms with Gasteiger partial charge in [0.15, 0.2) is 10.5 Å². The highest BCUT2D eigenvalue weighted by molar-refractivity contribution is 5.96. The molecule has 2 aromatic carbocycles. The van der Waals surface area contributed by atoms with Crippen molar-refractivity contribution < 1.29 is 5.11 Å². The summed E-state index contributed by atoms with van der Waals surface area (Å²) in [6.45, 7) is 0. The molecule has 0 aliphatic heterocycles. The Bertz CT molecular complexity index is 776. The number of aromatic nitrogens is 2. The van der Waals surface area contributed by atoms with Gasteiger partial charge in [-0.1, -0.05) is 18.2 Å². The zero-order valence-electron chi connectivity index (χ0n) is 8.66. The average Bonchev–Trinajstić information content (AvgIpc) is 2.36. The Hall–Kier alpha value is -2.74. The molecule has 1 heterocycles. The van der Waals surface area contributed by atoms with Gasteiger partial charge in [-0.3, -0.25) is 0 Å². The minimum atomic E-state index is -0.371. The number of hydrogen-bond acceptors (Lipinski definition) is 4. The lowest BCUT2D eigenvalue weighted by Crippen LogP contribution is -1.93. The van der Waals surface area contributed by atoms with Crippen molar-refractivity contribution in [2.45, 2.75) is 0 Å². The van der Waals surface area contributed by atoms with Crippen LogP contribution in [0, 0.1) is 5.39 Å². The van der Waals surface area contributed by atoms with Crippen LogP contribution in [0.25, 0.3) is 27.0 Å². The molecule has 0 atom stereocenters. The zero-order chi connectivity index (χ0) is 11.8. The molecular weight excluding hydrogens is 216 g/mol. The molecule has 0 unspecified atom stereocenters. The summed E-state index contributed by atoms with van der Waals surface area (Å²) in [5, 5.41) is 20.3. The van der Waals surface area contributed by atoms with Gasteiger partial charge in [0.2, 0.25) is 5.39 Å². The van der Waals surface area contributed by atoms with E-state index in [0.717, 1.165) is 5.52 Å². The predicted molar refractivity (Wildman–Crippen MR) is 61.2 cm³/mol. The van der Waals surface area contributed by atoms with E-state index in [1.807, 2.05) is 18.2 Å². The van der Waals surface area contributed by atoms with Crippen LogP contribution in [0.1, 0.15) is 0 Å². The third kappa shape index (κ3) is 1.35. The molecule has 5 nitrogen and oxygen atoms in total. The van der Waals surface area contributed by atoms with Gasteiger partial charge >= 0.3 is 5.69 Å². The molecule has 0 saturated heterocycles. The largest absolute Gasteiger partial charge is 0.867 e. The van der Waals surface area contributed by atoms with Gasteiger partial charge in [0.1, 0.15) is 0 Å². The second kappa shape index (κ2) is 3.39. The van der Waals surface area contributed by atoms with Gasteiger partial charge in [-0.15, -0.1) is 0 Å². The average molecular weight is 222 g/mol. The minimum absolute atomic E-state index is 0.0687. The third-order valence-electron chi connectivity index (χ3n) is 2.55. The zero-order valence-corrected chi connectivity index (χ0v) is 8.66. The summed E-state index contributed by atoms with van der Waals surface area (Å²) in [6.07, 6.45) is 0. The van der Waals surface area contributed by atoms with E-state index in [1.54, 1.807) is 12.1 Å². The van der Waals surface area contributed by atoms with Crippen LogP contribution in [0.4, 0.5) is 5.69 Å². The van der Waals surface area contributed by atoms with E-state index in [9.17, 15) is 5.11 Å². The summed E-state index contributed by atoms with van der Waals surface area (Å²) in [5.41, 5.74) is 2.19. The van der Waals surface area contributed by atoms with E-state index in [4.69, 9.17) is 5.39 Å². The van der Waals surface area contributed by atoms with Crippen molar-refractivity contribution in [3.05, 3.63) is 41.4 Å². The maximum Gasteiger partial charge on any atom is 0.404 e. The second-order valence-corrected chi connectivity index (χ2v) is 3.59. The lowest BCUT2D eigenvalue weighted by Gasteiger charge is -2.03. The molecule has 80 valence electrons. The molecule has 17 heavy (non-hydrogen) atoms. The van der Waals surface area contributed by atoms with E-state index >= 15 is 0 Å². The van der Waals surface area contributed by atoms with Gasteiger partial charge in [0, 0.05) is 0 Å². The topological polar surface area (TPSA) is 77.0 Å². The first-order valence-corrected chi connectivity index (χ1v) is 5.01. The van der Waals surface area contributed by atoms with E-state index in [2.05, 4.69) is 14.9 Å². The maximum absolute atomic E-state index is 11.5. The fourth-order valence-electron chi connectivity index (χ4n) is 1.75. The predicted octanol–water partition coefficient (Wildman–Crippen LogP) is 2.34. The Morgan fingerprint density at radius 2 is 1.65 bits per heavy atom. The lowest BCUT2D eigenvalue weighted by atomic mass is 10.2. The normalized spacial score (nSPS) is 10.5. The number of benzene rings is 2. The molecule has 1 aromatic heterocycles. The van der Waals surface area contributed by atoms with Crippen LogP contribution in [0.5, 0.6) is 5.75 Å². The Morgan fingerprint density at radius 1 is 0.941 bits per heavy atom. The molecule has 0 radical (unpaired) electrons. The molecule has 3 aromatic rings. The molecular formula is C12H6N4O. The van der Waals surface area contributed by atoms with Crippen molar-refractivity contribution >= 4 is 27.8 Å². The van der Waals surface area contributed by atoms with Crippen LogP contribution >= 0.6 is 0 Å². The summed E-state index contributed by atoms with van der Waals surface area (Å²) in [6, 6.07) is 10.2. The Balaban J connectivity index is 2.53. The Labute approximate surface area is 96.0 Å². The molecule has 0 aliphatic rings. The summed E-state index contributed by atoms with van der Waals surface area (Å²) in [7, 11) is 0. The van der Waals surface area contributed by atoms with Crippen molar-refractivity contribution in [2.75, 3.05) is 0 Å². The van der Waals surface area contributed by atoms with Crippen LogP contribution in [-0.4, -0.2) is 9.97 Å². The SMILES string of the molecule is N#[N+]c1c([O-])ccc2nc3ccccc3nc12. The molecule has 0 N–H and O–H groups in total. The van der Waals surface area contributed by atoms with Gasteiger partial charge < -0.3 is 5.11 Å². The van der Waals surface area contributed by atoms with Gasteiger partial charge in [-0.25, -0.2) is 9.97 Å². The van der Waals surface area contributed by atoms with E-state index in [1.165, 1.54) is 6.07 Å². The van der Waals surface area contributed by atoms with Gasteiger partial charge in [0.05, 0.1) is 16.6 Å². The number of para-hydroxylation sites is 2. The van der Waals surface area contributed by atoms with Crippen molar-refractivity contribution in [3.8, 4) is 5.75 Å². The monoisotopic (exact) mass is 222 g/mol. The Morgan fingerprint density at radius 3 is 2.35 bits per heavy atom. The number of hydrogen-bond donors (Lipinski definition) is 0. The number of fused-ring (bicyclic) bond motifs is 2. The highest BCUT2D eigenvalue weighted by Gasteiger charge is 2.15. The fraction of sp³-hybridized carbons (Fsp3) is 0. The van der Waals surface area contributed by atoms with E-state index < -0.39 is 0 Å². The highest BCUT2D eigenvalue weighted by atomic mass is 16.3. The first-order valence-electron chi connectivity index (χ1n) is 5.01. The number of nitrogens with zero attached hydrogens (tertiary/aromatic N) is 4. The van der Waals surface area contributed by atoms with Crippen molar-refractivity contribution in [1.29, 1.82) is 5.39 Å². The van der Waals surface area contributed by atoms with Crippen LogP contribution in [0.2, 0.25) is 0 Å². The molecule has 5 heteroatoms. The van der Waals surface area contributed by atoms with E-state index in [-0.39, 0.29) is 11.4 Å². The Kier molecular flexibility index (Phi) is 1.89. The summed E-state index contributed by atoms with van der Waals surface area (Å²) in [5.74, 6) is -0.371. The molecule has 0 spiro atoms. The van der Waals surface area contributed by atoms with Crippen LogP contribution in [0.15, 0.2) is 36.4 Å². The second-order valence-electron chi connectivity index (χ2n) is 3.59. The number of diazo groups is 1. The fourth-order valence-corrected chi connectivity index (χ4v) is 1.75. The summed E-state index contributed by atoms with van der Waals surface area (Å²) < 4.78 is 0. The molecule has 0 amide bonds. The van der Waals surface area contributed by atoms with Crippen molar-refractivity contribution in [3.63, 3.8) is 0 Å². The number of rotatable bonds is 0. The van der Waals surface area contributed by atoms with Crippen LogP contribution < -0.4 is 5.11 Å². The van der Waals surface area contributed by atoms with Gasteiger partial charge in [-0.05, 0) is 23.9 Å². The highest BCUT2D eigenvalue weighted by Crippen LogP contribution is 2.31. The maximum atomic E-state index is 11.5. The van der Waals surface area contributed by atoms with Crippen LogP contribution in [-0.2, 0) is 0 Å². The van der Waals surface area contributed by atoms with Gasteiger partial charge in [0.25, 0.3) is 0 Å². The van der Waals surface area contributed by atoms with Gasteiger partial charge in [-0.2, -0.15) is 0 Å². The molecule has 3 rings (SSSR count). The van der Waals surface area contributed by atoms with Crippen LogP contribution in [0.3, 0.4) is 0 Å². The summed E-state index contributed by atoms with van der Waals surface area (Å²) >= 11 is 0. The third-order valence-corrected chi connectivity index (χ3v) is 2.55. The van der Waals surface area contributed by atoms with Crippen molar-refractivity contribution in [2.24, 2.45) is 0 Å². The molecule has 0 fully saturated rings. The molecule has 0 aliphatic carbocycles. The van der Waals surface area contributed by atoms with E-state index in [0.29, 0.717) is 16.6 Å². The standard InChI is InChI=1S/C12H6N4O/c13-16-12-10(17)6-5-9-11(12)15-8-4-2-1-3-7(8)14-9/h1-6H. The smallest absolute Gasteiger partial charge is 0.404 e. The quantitative estimate of drug-likeness (QED) is 0.432. The first-order chi connectivity index (χ1) is 8.29. The first kappa shape index (κ1) is 9.48. The molecule has 0 saturated carbocycles.